The van der Waals surface area contributed by atoms with Crippen LogP contribution in [0.5, 0.6) is 11.5 Å². The number of amides is 2. The van der Waals surface area contributed by atoms with Crippen molar-refractivity contribution in [2.75, 3.05) is 25.7 Å². The molecule has 6 nitrogen and oxygen atoms in total. The van der Waals surface area contributed by atoms with Crippen LogP contribution in [0.4, 0.5) is 18.9 Å². The van der Waals surface area contributed by atoms with Gasteiger partial charge in [0.1, 0.15) is 0 Å². The number of anilines is 1. The lowest BCUT2D eigenvalue weighted by Gasteiger charge is -2.32. The minimum atomic E-state index is -4.67. The van der Waals surface area contributed by atoms with Crippen molar-refractivity contribution in [2.24, 2.45) is 0 Å². The Hall–Kier alpha value is -3.07. The fraction of sp³-hybridized carbons (Fsp3) is 0.364. The monoisotopic (exact) mass is 434 g/mol. The summed E-state index contributed by atoms with van der Waals surface area (Å²) in [5.74, 6) is -0.107. The smallest absolute Gasteiger partial charge is 0.418 e. The maximum atomic E-state index is 13.4. The van der Waals surface area contributed by atoms with Crippen LogP contribution in [0.25, 0.3) is 0 Å². The highest BCUT2D eigenvalue weighted by Crippen LogP contribution is 2.39. The Kier molecular flexibility index (Phi) is 5.38. The minimum absolute atomic E-state index is 0.159. The SMILES string of the molecule is COc1cc2c(cc1OC)CN([C@H]1CC(=O)N(c3ccccc3C(F)(F)F)C1=O)CC2. The maximum Gasteiger partial charge on any atom is 0.418 e. The number of methoxy groups -OCH3 is 2. The van der Waals surface area contributed by atoms with E-state index in [4.69, 9.17) is 9.47 Å². The highest BCUT2D eigenvalue weighted by molar-refractivity contribution is 6.22. The van der Waals surface area contributed by atoms with Crippen LogP contribution < -0.4 is 14.4 Å². The molecule has 1 fully saturated rings. The second-order valence-electron chi connectivity index (χ2n) is 7.50. The number of rotatable bonds is 4. The number of alkyl halides is 3. The van der Waals surface area contributed by atoms with E-state index in [1.807, 2.05) is 17.0 Å². The number of carbonyl (C=O) groups is 2. The highest BCUT2D eigenvalue weighted by Gasteiger charge is 2.46. The first-order valence-corrected chi connectivity index (χ1v) is 9.75. The lowest BCUT2D eigenvalue weighted by molar-refractivity contribution is -0.137. The number of carbonyl (C=O) groups excluding carboxylic acids is 2. The number of imide groups is 1. The number of hydrogen-bond donors (Lipinski definition) is 0. The molecule has 2 aromatic rings. The summed E-state index contributed by atoms with van der Waals surface area (Å²) in [6, 6.07) is 7.56. The Morgan fingerprint density at radius 2 is 1.65 bits per heavy atom. The molecule has 2 heterocycles. The molecular formula is C22H21F3N2O4. The molecule has 31 heavy (non-hydrogen) atoms. The summed E-state index contributed by atoms with van der Waals surface area (Å²) in [6.45, 7) is 0.884. The standard InChI is InChI=1S/C22H21F3N2O4/c1-30-18-9-13-7-8-26(12-14(13)10-19(18)31-2)17-11-20(28)27(21(17)29)16-6-4-3-5-15(16)22(23,24)25/h3-6,9-10,17H,7-8,11-12H2,1-2H3/t17-/m0/s1. The average Bonchev–Trinajstić information content (AvgIpc) is 3.05. The first kappa shape index (κ1) is 21.2. The molecule has 164 valence electrons. The Labute approximate surface area is 177 Å². The second-order valence-corrected chi connectivity index (χ2v) is 7.50. The molecule has 9 heteroatoms. The molecule has 0 unspecified atom stereocenters. The third kappa shape index (κ3) is 3.74. The van der Waals surface area contributed by atoms with Gasteiger partial charge in [-0.05, 0) is 41.8 Å². The van der Waals surface area contributed by atoms with Crippen LogP contribution in [0.3, 0.4) is 0 Å². The fourth-order valence-corrected chi connectivity index (χ4v) is 4.23. The zero-order chi connectivity index (χ0) is 22.3. The van der Waals surface area contributed by atoms with E-state index in [1.165, 1.54) is 19.2 Å². The van der Waals surface area contributed by atoms with Crippen LogP contribution >= 0.6 is 0 Å². The Morgan fingerprint density at radius 1 is 1.00 bits per heavy atom. The van der Waals surface area contributed by atoms with Gasteiger partial charge < -0.3 is 9.47 Å². The molecule has 4 rings (SSSR count). The molecule has 2 aliphatic heterocycles. The van der Waals surface area contributed by atoms with E-state index in [0.717, 1.165) is 23.3 Å². The van der Waals surface area contributed by atoms with Gasteiger partial charge in [-0.2, -0.15) is 13.2 Å². The van der Waals surface area contributed by atoms with Crippen LogP contribution in [0, 0.1) is 0 Å². The van der Waals surface area contributed by atoms with Crippen molar-refractivity contribution in [3.8, 4) is 11.5 Å². The van der Waals surface area contributed by atoms with Crippen molar-refractivity contribution < 1.29 is 32.2 Å². The summed E-state index contributed by atoms with van der Waals surface area (Å²) in [5, 5.41) is 0. The number of para-hydroxylation sites is 1. The van der Waals surface area contributed by atoms with E-state index in [1.54, 1.807) is 7.11 Å². The first-order chi connectivity index (χ1) is 14.7. The van der Waals surface area contributed by atoms with Gasteiger partial charge in [-0.25, -0.2) is 4.90 Å². The van der Waals surface area contributed by atoms with Gasteiger partial charge in [-0.3, -0.25) is 14.5 Å². The van der Waals surface area contributed by atoms with Crippen molar-refractivity contribution >= 4 is 17.5 Å². The van der Waals surface area contributed by atoms with Gasteiger partial charge in [0.2, 0.25) is 5.91 Å². The molecule has 0 saturated carbocycles. The van der Waals surface area contributed by atoms with E-state index >= 15 is 0 Å². The van der Waals surface area contributed by atoms with Crippen LogP contribution in [0.1, 0.15) is 23.1 Å². The zero-order valence-corrected chi connectivity index (χ0v) is 17.0. The van der Waals surface area contributed by atoms with Gasteiger partial charge in [0.15, 0.2) is 11.5 Å². The van der Waals surface area contributed by atoms with Crippen LogP contribution in [0.15, 0.2) is 36.4 Å². The number of nitrogens with zero attached hydrogens (tertiary/aromatic N) is 2. The minimum Gasteiger partial charge on any atom is -0.493 e. The molecule has 1 atom stereocenters. The lowest BCUT2D eigenvalue weighted by atomic mass is 9.97. The van der Waals surface area contributed by atoms with Crippen molar-refractivity contribution in [3.63, 3.8) is 0 Å². The Balaban J connectivity index is 1.61. The maximum absolute atomic E-state index is 13.4. The van der Waals surface area contributed by atoms with Gasteiger partial charge in [0.25, 0.3) is 5.91 Å². The summed E-state index contributed by atoms with van der Waals surface area (Å²) in [4.78, 5) is 28.2. The van der Waals surface area contributed by atoms with Crippen molar-refractivity contribution in [3.05, 3.63) is 53.1 Å². The van der Waals surface area contributed by atoms with Crippen LogP contribution in [-0.2, 0) is 28.7 Å². The molecule has 0 aromatic heterocycles. The number of hydrogen-bond acceptors (Lipinski definition) is 5. The molecule has 0 bridgehead atoms. The van der Waals surface area contributed by atoms with Gasteiger partial charge >= 0.3 is 6.18 Å². The molecule has 0 radical (unpaired) electrons. The number of fused-ring (bicyclic) bond motifs is 1. The van der Waals surface area contributed by atoms with Gasteiger partial charge in [-0.1, -0.05) is 12.1 Å². The molecule has 2 amide bonds. The number of benzene rings is 2. The largest absolute Gasteiger partial charge is 0.493 e. The molecule has 0 spiro atoms. The lowest BCUT2D eigenvalue weighted by Crippen LogP contribution is -2.44. The summed E-state index contributed by atoms with van der Waals surface area (Å²) in [5.41, 5.74) is 0.553. The molecule has 0 N–H and O–H groups in total. The fourth-order valence-electron chi connectivity index (χ4n) is 4.23. The first-order valence-electron chi connectivity index (χ1n) is 9.75. The van der Waals surface area contributed by atoms with Crippen LogP contribution in [-0.4, -0.2) is 43.5 Å². The van der Waals surface area contributed by atoms with Gasteiger partial charge in [-0.15, -0.1) is 0 Å². The van der Waals surface area contributed by atoms with Crippen LogP contribution in [0.2, 0.25) is 0 Å². The molecule has 1 saturated heterocycles. The highest BCUT2D eigenvalue weighted by atomic mass is 19.4. The predicted octanol–water partition coefficient (Wildman–Crippen LogP) is 3.41. The Bertz CT molecular complexity index is 1040. The topological polar surface area (TPSA) is 59.1 Å². The summed E-state index contributed by atoms with van der Waals surface area (Å²) in [6.07, 6.45) is -4.21. The van der Waals surface area contributed by atoms with E-state index in [2.05, 4.69) is 0 Å². The van der Waals surface area contributed by atoms with Crippen molar-refractivity contribution in [1.29, 1.82) is 0 Å². The average molecular weight is 434 g/mol. The zero-order valence-electron chi connectivity index (χ0n) is 17.0. The normalized spacial score (nSPS) is 19.5. The molecule has 2 aromatic carbocycles. The third-order valence-electron chi connectivity index (χ3n) is 5.76. The van der Waals surface area contributed by atoms with Crippen molar-refractivity contribution in [2.45, 2.75) is 31.6 Å². The van der Waals surface area contributed by atoms with E-state index in [-0.39, 0.29) is 6.42 Å². The third-order valence-corrected chi connectivity index (χ3v) is 5.76. The van der Waals surface area contributed by atoms with E-state index in [9.17, 15) is 22.8 Å². The molecule has 0 aliphatic carbocycles. The molecular weight excluding hydrogens is 413 g/mol. The summed E-state index contributed by atoms with van der Waals surface area (Å²) < 4.78 is 50.9. The van der Waals surface area contributed by atoms with Gasteiger partial charge in [0.05, 0.1) is 37.9 Å². The second kappa shape index (κ2) is 7.88. The summed E-state index contributed by atoms with van der Waals surface area (Å²) >= 11 is 0. The van der Waals surface area contributed by atoms with E-state index in [0.29, 0.717) is 35.9 Å². The van der Waals surface area contributed by atoms with E-state index < -0.39 is 35.3 Å². The number of halogens is 3. The Morgan fingerprint density at radius 3 is 2.29 bits per heavy atom. The predicted molar refractivity (Wildman–Crippen MR) is 106 cm³/mol. The number of ether oxygens (including phenoxy) is 2. The van der Waals surface area contributed by atoms with Gasteiger partial charge in [0, 0.05) is 13.1 Å². The molecule has 2 aliphatic rings. The quantitative estimate of drug-likeness (QED) is 0.691. The summed E-state index contributed by atoms with van der Waals surface area (Å²) in [7, 11) is 3.08. The van der Waals surface area contributed by atoms with Crippen molar-refractivity contribution in [1.82, 2.24) is 4.90 Å².